The third kappa shape index (κ3) is 5.44. The number of aryl methyl sites for hydroxylation is 1. The Hall–Kier alpha value is -2.85. The van der Waals surface area contributed by atoms with E-state index in [1.807, 2.05) is 13.0 Å². The normalized spacial score (nSPS) is 18.3. The van der Waals surface area contributed by atoms with E-state index in [9.17, 15) is 8.42 Å². The molecule has 0 spiro atoms. The van der Waals surface area contributed by atoms with Crippen molar-refractivity contribution in [3.05, 3.63) is 47.7 Å². The summed E-state index contributed by atoms with van der Waals surface area (Å²) in [7, 11) is -1.73. The lowest BCUT2D eigenvalue weighted by Crippen LogP contribution is -2.33. The fourth-order valence-electron chi connectivity index (χ4n) is 4.30. The number of oxime groups is 1. The molecular weight excluding hydrogens is 454 g/mol. The number of rotatable bonds is 11. The Kier molecular flexibility index (Phi) is 7.89. The van der Waals surface area contributed by atoms with Crippen LogP contribution in [-0.4, -0.2) is 63.3 Å². The lowest BCUT2D eigenvalue weighted by Gasteiger charge is -2.20. The third-order valence-corrected chi connectivity index (χ3v) is 8.06. The predicted molar refractivity (Wildman–Crippen MR) is 134 cm³/mol. The number of ether oxygens (including phenoxy) is 1. The van der Waals surface area contributed by atoms with Gasteiger partial charge in [-0.3, -0.25) is 4.31 Å². The van der Waals surface area contributed by atoms with Crippen LogP contribution in [0.2, 0.25) is 0 Å². The van der Waals surface area contributed by atoms with Gasteiger partial charge >= 0.3 is 10.2 Å². The van der Waals surface area contributed by atoms with E-state index in [4.69, 9.17) is 9.57 Å². The van der Waals surface area contributed by atoms with Crippen molar-refractivity contribution in [3.63, 3.8) is 0 Å². The van der Waals surface area contributed by atoms with E-state index < -0.39 is 10.2 Å². The van der Waals surface area contributed by atoms with E-state index in [0.717, 1.165) is 49.1 Å². The van der Waals surface area contributed by atoms with Crippen molar-refractivity contribution in [2.75, 3.05) is 49.5 Å². The van der Waals surface area contributed by atoms with Gasteiger partial charge in [-0.1, -0.05) is 5.16 Å². The van der Waals surface area contributed by atoms with Gasteiger partial charge in [-0.05, 0) is 68.9 Å². The maximum absolute atomic E-state index is 12.9. The summed E-state index contributed by atoms with van der Waals surface area (Å²) in [6.45, 7) is 4.58. The molecule has 1 aliphatic carbocycles. The van der Waals surface area contributed by atoms with Gasteiger partial charge < -0.3 is 14.9 Å². The average molecular weight is 488 g/mol. The molecule has 1 aromatic heterocycles. The van der Waals surface area contributed by atoms with Crippen LogP contribution in [0.1, 0.15) is 43.7 Å². The summed E-state index contributed by atoms with van der Waals surface area (Å²) >= 11 is 0. The van der Waals surface area contributed by atoms with Crippen molar-refractivity contribution in [2.45, 2.75) is 39.0 Å². The van der Waals surface area contributed by atoms with Gasteiger partial charge in [-0.2, -0.15) is 12.7 Å². The van der Waals surface area contributed by atoms with Crippen molar-refractivity contribution in [3.8, 4) is 5.75 Å². The Balaban J connectivity index is 1.20. The molecule has 2 aromatic rings. The van der Waals surface area contributed by atoms with Crippen LogP contribution in [0.25, 0.3) is 0 Å². The quantitative estimate of drug-likeness (QED) is 0.385. The summed E-state index contributed by atoms with van der Waals surface area (Å²) in [5.74, 6) is 1.51. The highest BCUT2D eigenvalue weighted by molar-refractivity contribution is 7.90. The molecule has 2 heterocycles. The van der Waals surface area contributed by atoms with Gasteiger partial charge in [0, 0.05) is 44.5 Å². The number of nitrogens with one attached hydrogen (secondary N) is 1. The number of pyridine rings is 1. The summed E-state index contributed by atoms with van der Waals surface area (Å²) in [6, 6.07) is 9.61. The molecule has 9 nitrogen and oxygen atoms in total. The van der Waals surface area contributed by atoms with Crippen LogP contribution in [0.15, 0.2) is 41.7 Å². The fourth-order valence-corrected chi connectivity index (χ4v) is 5.95. The molecule has 4 rings (SSSR count). The van der Waals surface area contributed by atoms with E-state index in [1.54, 1.807) is 29.7 Å². The molecule has 34 heavy (non-hydrogen) atoms. The first kappa shape index (κ1) is 24.3. The van der Waals surface area contributed by atoms with Gasteiger partial charge in [-0.15, -0.1) is 0 Å². The first-order valence-corrected chi connectivity index (χ1v) is 13.3. The molecule has 2 aliphatic rings. The standard InChI is InChI=1S/C24H33N5O4S/c1-3-33-27-23-10-7-19-17-21(8-9-22(19)23)32-16-6-4-5-13-28-14-15-29(34(28,30)31)20-11-12-26-24(18-20)25-2/h8-9,11-12,17-18H,3-7,10,13-16H2,1-2H3,(H,25,26)/b27-23+. The minimum atomic E-state index is -3.50. The van der Waals surface area contributed by atoms with E-state index in [0.29, 0.717) is 44.4 Å². The van der Waals surface area contributed by atoms with Crippen LogP contribution in [0.3, 0.4) is 0 Å². The molecule has 1 N–H and O–H groups in total. The second-order valence-electron chi connectivity index (χ2n) is 8.31. The Morgan fingerprint density at radius 2 is 2.00 bits per heavy atom. The first-order valence-electron chi connectivity index (χ1n) is 11.9. The molecule has 0 atom stereocenters. The zero-order valence-electron chi connectivity index (χ0n) is 19.9. The highest BCUT2D eigenvalue weighted by atomic mass is 32.2. The number of benzene rings is 1. The predicted octanol–water partition coefficient (Wildman–Crippen LogP) is 3.43. The van der Waals surface area contributed by atoms with Crippen LogP contribution < -0.4 is 14.4 Å². The lowest BCUT2D eigenvalue weighted by molar-refractivity contribution is 0.158. The van der Waals surface area contributed by atoms with Gasteiger partial charge in [0.25, 0.3) is 0 Å². The van der Waals surface area contributed by atoms with Crippen LogP contribution in [-0.2, 0) is 21.5 Å². The first-order chi connectivity index (χ1) is 16.5. The van der Waals surface area contributed by atoms with Crippen molar-refractivity contribution in [1.29, 1.82) is 0 Å². The largest absolute Gasteiger partial charge is 0.494 e. The Morgan fingerprint density at radius 3 is 2.82 bits per heavy atom. The van der Waals surface area contributed by atoms with E-state index in [1.165, 1.54) is 9.87 Å². The summed E-state index contributed by atoms with van der Waals surface area (Å²) in [5.41, 5.74) is 4.04. The summed E-state index contributed by atoms with van der Waals surface area (Å²) < 4.78 is 34.8. The van der Waals surface area contributed by atoms with Crippen LogP contribution in [0.4, 0.5) is 11.5 Å². The summed E-state index contributed by atoms with van der Waals surface area (Å²) in [4.78, 5) is 9.36. The van der Waals surface area contributed by atoms with Gasteiger partial charge in [0.2, 0.25) is 0 Å². The minimum Gasteiger partial charge on any atom is -0.494 e. The topological polar surface area (TPSA) is 96.4 Å². The molecule has 1 saturated heterocycles. The van der Waals surface area contributed by atoms with Gasteiger partial charge in [-0.25, -0.2) is 4.98 Å². The maximum atomic E-state index is 12.9. The van der Waals surface area contributed by atoms with E-state index >= 15 is 0 Å². The molecule has 184 valence electrons. The minimum absolute atomic E-state index is 0.452. The molecule has 0 radical (unpaired) electrons. The summed E-state index contributed by atoms with van der Waals surface area (Å²) in [6.07, 6.45) is 6.05. The number of unbranched alkanes of at least 4 members (excludes halogenated alkanes) is 2. The van der Waals surface area contributed by atoms with Crippen molar-refractivity contribution in [1.82, 2.24) is 9.29 Å². The monoisotopic (exact) mass is 487 g/mol. The number of hydrogen-bond donors (Lipinski definition) is 1. The zero-order chi connectivity index (χ0) is 24.0. The zero-order valence-corrected chi connectivity index (χ0v) is 20.7. The maximum Gasteiger partial charge on any atom is 0.304 e. The lowest BCUT2D eigenvalue weighted by atomic mass is 10.1. The SMILES string of the molecule is CCO/N=C1\CCc2cc(OCCCCCN3CCN(c4ccnc(NC)c4)S3(=O)=O)ccc21. The van der Waals surface area contributed by atoms with Crippen molar-refractivity contribution in [2.24, 2.45) is 5.16 Å². The van der Waals surface area contributed by atoms with E-state index in [2.05, 4.69) is 27.6 Å². The van der Waals surface area contributed by atoms with Gasteiger partial charge in [0.1, 0.15) is 18.2 Å². The van der Waals surface area contributed by atoms with Gasteiger partial charge in [0.05, 0.1) is 18.0 Å². The molecule has 0 saturated carbocycles. The third-order valence-electron chi connectivity index (χ3n) is 6.09. The van der Waals surface area contributed by atoms with Crippen LogP contribution in [0.5, 0.6) is 5.75 Å². The van der Waals surface area contributed by atoms with Crippen molar-refractivity contribution >= 4 is 27.4 Å². The molecule has 0 unspecified atom stereocenters. The molecule has 0 bridgehead atoms. The molecule has 1 aliphatic heterocycles. The average Bonchev–Trinajstić information content (AvgIpc) is 3.39. The Morgan fingerprint density at radius 1 is 1.12 bits per heavy atom. The van der Waals surface area contributed by atoms with Crippen LogP contribution >= 0.6 is 0 Å². The Labute approximate surface area is 201 Å². The summed E-state index contributed by atoms with van der Waals surface area (Å²) in [5, 5.41) is 7.15. The molecule has 1 fully saturated rings. The smallest absolute Gasteiger partial charge is 0.304 e. The van der Waals surface area contributed by atoms with Gasteiger partial charge in [0.15, 0.2) is 0 Å². The van der Waals surface area contributed by atoms with Crippen LogP contribution in [0, 0.1) is 0 Å². The number of hydrogen-bond acceptors (Lipinski definition) is 7. The number of fused-ring (bicyclic) bond motifs is 1. The van der Waals surface area contributed by atoms with E-state index in [-0.39, 0.29) is 0 Å². The fraction of sp³-hybridized carbons (Fsp3) is 0.500. The number of aromatic nitrogens is 1. The number of anilines is 2. The highest BCUT2D eigenvalue weighted by Crippen LogP contribution is 2.28. The number of nitrogens with zero attached hydrogens (tertiary/aromatic N) is 4. The molecular formula is C24H33N5O4S. The molecule has 10 heteroatoms. The molecule has 0 amide bonds. The Bertz CT molecular complexity index is 1120. The molecule has 1 aromatic carbocycles. The second-order valence-corrected chi connectivity index (χ2v) is 10.2. The van der Waals surface area contributed by atoms with Crippen molar-refractivity contribution < 1.29 is 18.0 Å². The highest BCUT2D eigenvalue weighted by Gasteiger charge is 2.36. The second kappa shape index (κ2) is 11.1.